The Kier molecular flexibility index (Phi) is 4.31. The molecule has 8 nitrogen and oxygen atoms in total. The van der Waals surface area contributed by atoms with Gasteiger partial charge in [0.2, 0.25) is 10.0 Å². The zero-order valence-corrected chi connectivity index (χ0v) is 13.5. The van der Waals surface area contributed by atoms with Crippen molar-refractivity contribution in [3.63, 3.8) is 0 Å². The number of aromatic amines is 1. The van der Waals surface area contributed by atoms with Crippen molar-refractivity contribution in [3.8, 4) is 17.3 Å². The number of halogens is 1. The van der Waals surface area contributed by atoms with Crippen LogP contribution in [0.15, 0.2) is 16.9 Å². The molecule has 0 saturated carbocycles. The Balaban J connectivity index is 2.77. The van der Waals surface area contributed by atoms with E-state index in [0.29, 0.717) is 0 Å². The van der Waals surface area contributed by atoms with Crippen LogP contribution in [0.1, 0.15) is 5.56 Å². The van der Waals surface area contributed by atoms with Gasteiger partial charge in [-0.05, 0) is 24.4 Å². The first kappa shape index (κ1) is 16.8. The third-order valence-electron chi connectivity index (χ3n) is 2.85. The molecule has 0 aliphatic rings. The van der Waals surface area contributed by atoms with Gasteiger partial charge in [-0.25, -0.2) is 12.8 Å². The van der Waals surface area contributed by atoms with Crippen LogP contribution in [0.4, 0.5) is 10.1 Å². The summed E-state index contributed by atoms with van der Waals surface area (Å²) in [7, 11) is -2.32. The summed E-state index contributed by atoms with van der Waals surface area (Å²) >= 11 is 4.84. The Bertz CT molecular complexity index is 1050. The Labute approximate surface area is 135 Å². The SMILES string of the molecule is Cn1c(=S)[nH]nc(-c2cc(NS(C)(=O)=O)c(C#N)cc2F)c1=O. The van der Waals surface area contributed by atoms with Crippen molar-refractivity contribution >= 4 is 27.9 Å². The molecule has 0 fully saturated rings. The smallest absolute Gasteiger partial charge is 0.280 e. The molecule has 120 valence electrons. The third-order valence-corrected chi connectivity index (χ3v) is 3.81. The Morgan fingerprint density at radius 1 is 1.48 bits per heavy atom. The number of H-pyrrole nitrogens is 1. The van der Waals surface area contributed by atoms with E-state index in [1.807, 2.05) is 0 Å². The summed E-state index contributed by atoms with van der Waals surface area (Å²) < 4.78 is 40.1. The van der Waals surface area contributed by atoms with Crippen LogP contribution in [0.5, 0.6) is 0 Å². The number of rotatable bonds is 3. The van der Waals surface area contributed by atoms with Gasteiger partial charge in [0.05, 0.1) is 17.5 Å². The molecule has 0 aliphatic carbocycles. The van der Waals surface area contributed by atoms with Crippen LogP contribution < -0.4 is 10.3 Å². The Hall–Kier alpha value is -2.58. The monoisotopic (exact) mass is 355 g/mol. The summed E-state index contributed by atoms with van der Waals surface area (Å²) in [5.41, 5.74) is -1.60. The highest BCUT2D eigenvalue weighted by molar-refractivity contribution is 7.92. The fourth-order valence-corrected chi connectivity index (χ4v) is 2.48. The van der Waals surface area contributed by atoms with E-state index in [4.69, 9.17) is 17.5 Å². The van der Waals surface area contributed by atoms with Gasteiger partial charge >= 0.3 is 0 Å². The molecule has 2 N–H and O–H groups in total. The Morgan fingerprint density at radius 2 is 2.13 bits per heavy atom. The highest BCUT2D eigenvalue weighted by Crippen LogP contribution is 2.26. The first-order valence-electron chi connectivity index (χ1n) is 6.01. The van der Waals surface area contributed by atoms with E-state index in [1.54, 1.807) is 6.07 Å². The van der Waals surface area contributed by atoms with Crippen LogP contribution in [0.2, 0.25) is 0 Å². The summed E-state index contributed by atoms with van der Waals surface area (Å²) in [6.45, 7) is 0. The highest BCUT2D eigenvalue weighted by atomic mass is 32.2. The fourth-order valence-electron chi connectivity index (χ4n) is 1.78. The minimum absolute atomic E-state index is 0.0438. The first-order valence-corrected chi connectivity index (χ1v) is 8.31. The third kappa shape index (κ3) is 3.43. The molecule has 23 heavy (non-hydrogen) atoms. The van der Waals surface area contributed by atoms with Gasteiger partial charge in [-0.15, -0.1) is 0 Å². The molecule has 0 unspecified atom stereocenters. The quantitative estimate of drug-likeness (QED) is 0.789. The van der Waals surface area contributed by atoms with Gasteiger partial charge in [-0.3, -0.25) is 19.2 Å². The average Bonchev–Trinajstić information content (AvgIpc) is 2.45. The number of anilines is 1. The topological polar surface area (TPSA) is 121 Å². The molecule has 0 radical (unpaired) electrons. The lowest BCUT2D eigenvalue weighted by Crippen LogP contribution is -2.22. The van der Waals surface area contributed by atoms with Crippen LogP contribution in [-0.4, -0.2) is 29.4 Å². The molecule has 11 heteroatoms. The van der Waals surface area contributed by atoms with E-state index in [0.717, 1.165) is 23.0 Å². The zero-order chi connectivity index (χ0) is 17.4. The molecule has 1 heterocycles. The largest absolute Gasteiger partial charge is 0.285 e. The molecule has 0 aliphatic heterocycles. The van der Waals surface area contributed by atoms with Crippen molar-refractivity contribution in [1.82, 2.24) is 14.8 Å². The molecule has 0 atom stereocenters. The van der Waals surface area contributed by atoms with Crippen molar-refractivity contribution < 1.29 is 12.8 Å². The second kappa shape index (κ2) is 5.90. The van der Waals surface area contributed by atoms with Crippen LogP contribution in [-0.2, 0) is 17.1 Å². The maximum Gasteiger partial charge on any atom is 0.280 e. The van der Waals surface area contributed by atoms with Gasteiger partial charge in [-0.2, -0.15) is 10.4 Å². The average molecular weight is 355 g/mol. The minimum Gasteiger partial charge on any atom is -0.285 e. The van der Waals surface area contributed by atoms with E-state index in [1.165, 1.54) is 7.05 Å². The predicted molar refractivity (Wildman–Crippen MR) is 83.2 cm³/mol. The molecule has 1 aromatic heterocycles. The molecule has 0 amide bonds. The van der Waals surface area contributed by atoms with Crippen molar-refractivity contribution in [2.75, 3.05) is 11.0 Å². The molecule has 2 rings (SSSR count). The van der Waals surface area contributed by atoms with Crippen LogP contribution in [0.3, 0.4) is 0 Å². The van der Waals surface area contributed by atoms with Gasteiger partial charge in [0, 0.05) is 12.6 Å². The fraction of sp³-hybridized carbons (Fsp3) is 0.167. The number of nitrogens with zero attached hydrogens (tertiary/aromatic N) is 3. The normalized spacial score (nSPS) is 11.0. The Morgan fingerprint density at radius 3 is 2.70 bits per heavy atom. The molecule has 2 aromatic rings. The van der Waals surface area contributed by atoms with Crippen molar-refractivity contribution in [2.24, 2.45) is 7.05 Å². The van der Waals surface area contributed by atoms with E-state index >= 15 is 0 Å². The van der Waals surface area contributed by atoms with Crippen LogP contribution in [0.25, 0.3) is 11.3 Å². The lowest BCUT2D eigenvalue weighted by Gasteiger charge is -2.10. The standard InChI is InChI=1S/C12H10FN5O3S2/c1-18-11(19)10(15-16-12(18)22)7-4-9(17-23(2,20)21)6(5-14)3-8(7)13/h3-4,17H,1-2H3,(H,16,22). The number of benzene rings is 1. The molecular formula is C12H10FN5O3S2. The summed E-state index contributed by atoms with van der Waals surface area (Å²) in [5.74, 6) is -0.893. The second-order valence-electron chi connectivity index (χ2n) is 4.61. The van der Waals surface area contributed by atoms with Crippen LogP contribution in [0, 0.1) is 21.9 Å². The van der Waals surface area contributed by atoms with Gasteiger partial charge in [0.25, 0.3) is 5.56 Å². The number of aromatic nitrogens is 3. The van der Waals surface area contributed by atoms with Gasteiger partial charge in [-0.1, -0.05) is 0 Å². The van der Waals surface area contributed by atoms with Gasteiger partial charge in [0.15, 0.2) is 10.5 Å². The number of nitriles is 1. The highest BCUT2D eigenvalue weighted by Gasteiger charge is 2.18. The zero-order valence-electron chi connectivity index (χ0n) is 11.9. The lowest BCUT2D eigenvalue weighted by molar-refractivity contribution is 0.606. The minimum atomic E-state index is -3.70. The number of sulfonamides is 1. The maximum absolute atomic E-state index is 14.2. The summed E-state index contributed by atoms with van der Waals surface area (Å²) in [4.78, 5) is 12.1. The van der Waals surface area contributed by atoms with E-state index in [-0.39, 0.29) is 27.3 Å². The lowest BCUT2D eigenvalue weighted by atomic mass is 10.1. The van der Waals surface area contributed by atoms with Gasteiger partial charge in [0.1, 0.15) is 11.9 Å². The number of hydrogen-bond acceptors (Lipinski definition) is 6. The van der Waals surface area contributed by atoms with E-state index in [2.05, 4.69) is 14.9 Å². The summed E-state index contributed by atoms with van der Waals surface area (Å²) in [6, 6.07) is 3.54. The van der Waals surface area contributed by atoms with Crippen molar-refractivity contribution in [2.45, 2.75) is 0 Å². The molecule has 0 saturated heterocycles. The summed E-state index contributed by atoms with van der Waals surface area (Å²) in [6.07, 6.45) is 0.883. The number of nitrogens with one attached hydrogen (secondary N) is 2. The predicted octanol–water partition coefficient (Wildman–Crippen LogP) is 0.887. The molecule has 0 bridgehead atoms. The maximum atomic E-state index is 14.2. The van der Waals surface area contributed by atoms with Crippen molar-refractivity contribution in [1.29, 1.82) is 5.26 Å². The van der Waals surface area contributed by atoms with E-state index in [9.17, 15) is 17.6 Å². The molecule has 0 spiro atoms. The van der Waals surface area contributed by atoms with Crippen molar-refractivity contribution in [3.05, 3.63) is 38.6 Å². The summed E-state index contributed by atoms with van der Waals surface area (Å²) in [5, 5.41) is 15.1. The van der Waals surface area contributed by atoms with Gasteiger partial charge < -0.3 is 0 Å². The first-order chi connectivity index (χ1) is 10.6. The molecule has 1 aromatic carbocycles. The second-order valence-corrected chi connectivity index (χ2v) is 6.74. The van der Waals surface area contributed by atoms with Crippen LogP contribution >= 0.6 is 12.2 Å². The van der Waals surface area contributed by atoms with E-state index < -0.39 is 21.4 Å². The molecular weight excluding hydrogens is 345 g/mol. The number of hydrogen-bond donors (Lipinski definition) is 2.